The first-order valence-electron chi connectivity index (χ1n) is 4.83. The van der Waals surface area contributed by atoms with Gasteiger partial charge in [0.2, 0.25) is 5.78 Å². The van der Waals surface area contributed by atoms with Crippen LogP contribution in [0.2, 0.25) is 0 Å². The highest BCUT2D eigenvalue weighted by Crippen LogP contribution is 2.40. The number of hydrogen-bond acceptors (Lipinski definition) is 4. The van der Waals surface area contributed by atoms with E-state index in [1.807, 2.05) is 0 Å². The van der Waals surface area contributed by atoms with Gasteiger partial charge in [-0.05, 0) is 41.6 Å². The van der Waals surface area contributed by atoms with Crippen LogP contribution in [-0.2, 0) is 7.05 Å². The predicted molar refractivity (Wildman–Crippen MR) is 58.3 cm³/mol. The molecule has 1 atom stereocenters. The van der Waals surface area contributed by atoms with Crippen LogP contribution in [0, 0.1) is 5.92 Å². The highest BCUT2D eigenvalue weighted by Gasteiger charge is 2.45. The van der Waals surface area contributed by atoms with Crippen LogP contribution in [0.3, 0.4) is 0 Å². The molecule has 1 aromatic heterocycles. The van der Waals surface area contributed by atoms with E-state index in [0.29, 0.717) is 16.2 Å². The maximum atomic E-state index is 12.2. The third kappa shape index (κ3) is 1.72. The van der Waals surface area contributed by atoms with Crippen LogP contribution in [0.4, 0.5) is 0 Å². The van der Waals surface area contributed by atoms with Crippen molar-refractivity contribution in [1.29, 1.82) is 0 Å². The van der Waals surface area contributed by atoms with Crippen LogP contribution in [0.1, 0.15) is 30.3 Å². The molecule has 0 aromatic carbocycles. The normalized spacial score (nSPS) is 20.0. The standard InChI is InChI=1S/C9H13BrN4O/c1-9(11,5-3-4-5)7(15)6-8(10)12-13-14(6)2/h5H,3-4,11H2,1-2H3. The highest BCUT2D eigenvalue weighted by atomic mass is 79.9. The lowest BCUT2D eigenvalue weighted by atomic mass is 9.90. The number of carbonyl (C=O) groups excluding carboxylic acids is 1. The Morgan fingerprint density at radius 1 is 1.67 bits per heavy atom. The summed E-state index contributed by atoms with van der Waals surface area (Å²) in [6, 6.07) is 0. The van der Waals surface area contributed by atoms with Gasteiger partial charge in [0.05, 0.1) is 5.54 Å². The second kappa shape index (κ2) is 3.38. The van der Waals surface area contributed by atoms with Gasteiger partial charge in [-0.25, -0.2) is 4.68 Å². The molecular weight excluding hydrogens is 260 g/mol. The van der Waals surface area contributed by atoms with Gasteiger partial charge in [0, 0.05) is 7.05 Å². The van der Waals surface area contributed by atoms with E-state index < -0.39 is 5.54 Å². The summed E-state index contributed by atoms with van der Waals surface area (Å²) < 4.78 is 1.92. The number of hydrogen-bond donors (Lipinski definition) is 1. The van der Waals surface area contributed by atoms with Crippen LogP contribution in [0.15, 0.2) is 4.60 Å². The molecule has 1 saturated carbocycles. The second-order valence-corrected chi connectivity index (χ2v) is 4.99. The van der Waals surface area contributed by atoms with Gasteiger partial charge in [0.1, 0.15) is 5.69 Å². The number of Topliss-reactive ketones (excluding diaryl/α,β-unsaturated/α-hetero) is 1. The molecule has 0 saturated heterocycles. The zero-order valence-electron chi connectivity index (χ0n) is 8.70. The number of nitrogens with two attached hydrogens (primary N) is 1. The summed E-state index contributed by atoms with van der Waals surface area (Å²) in [7, 11) is 1.69. The zero-order valence-corrected chi connectivity index (χ0v) is 10.3. The number of aryl methyl sites for hydroxylation is 1. The lowest BCUT2D eigenvalue weighted by molar-refractivity contribution is 0.0872. The van der Waals surface area contributed by atoms with Gasteiger partial charge in [-0.1, -0.05) is 5.21 Å². The lowest BCUT2D eigenvalue weighted by Gasteiger charge is -2.22. The summed E-state index contributed by atoms with van der Waals surface area (Å²) in [5, 5.41) is 7.56. The Balaban J connectivity index is 2.35. The molecule has 0 bridgehead atoms. The SMILES string of the molecule is Cn1nnc(Br)c1C(=O)C(C)(N)C1CC1. The van der Waals surface area contributed by atoms with Gasteiger partial charge in [-0.2, -0.15) is 0 Å². The first-order valence-corrected chi connectivity index (χ1v) is 5.62. The molecule has 0 aliphatic heterocycles. The van der Waals surface area contributed by atoms with Crippen LogP contribution < -0.4 is 5.73 Å². The van der Waals surface area contributed by atoms with Crippen molar-refractivity contribution in [3.63, 3.8) is 0 Å². The molecule has 1 aromatic rings. The summed E-state index contributed by atoms with van der Waals surface area (Å²) in [6.07, 6.45) is 2.06. The number of aromatic nitrogens is 3. The molecule has 0 amide bonds. The molecule has 82 valence electrons. The van der Waals surface area contributed by atoms with Crippen molar-refractivity contribution in [2.75, 3.05) is 0 Å². The van der Waals surface area contributed by atoms with Crippen molar-refractivity contribution in [2.24, 2.45) is 18.7 Å². The summed E-state index contributed by atoms with van der Waals surface area (Å²) in [5.74, 6) is 0.205. The largest absolute Gasteiger partial charge is 0.319 e. The molecule has 6 heteroatoms. The molecule has 2 N–H and O–H groups in total. The minimum Gasteiger partial charge on any atom is -0.319 e. The van der Waals surface area contributed by atoms with E-state index in [1.54, 1.807) is 14.0 Å². The summed E-state index contributed by atoms with van der Waals surface area (Å²) in [5.41, 5.74) is 5.71. The topological polar surface area (TPSA) is 73.8 Å². The quantitative estimate of drug-likeness (QED) is 0.830. The molecule has 1 unspecified atom stereocenters. The maximum absolute atomic E-state index is 12.2. The van der Waals surface area contributed by atoms with Gasteiger partial charge < -0.3 is 5.73 Å². The van der Waals surface area contributed by atoms with E-state index in [-0.39, 0.29) is 5.78 Å². The van der Waals surface area contributed by atoms with Crippen molar-refractivity contribution in [3.8, 4) is 0 Å². The van der Waals surface area contributed by atoms with Crippen LogP contribution in [-0.4, -0.2) is 26.3 Å². The molecule has 1 aliphatic carbocycles. The fraction of sp³-hybridized carbons (Fsp3) is 0.667. The average Bonchev–Trinajstić information content (AvgIpc) is 2.94. The summed E-state index contributed by atoms with van der Waals surface area (Å²) >= 11 is 3.21. The van der Waals surface area contributed by atoms with E-state index in [1.165, 1.54) is 4.68 Å². The molecular formula is C9H13BrN4O. The van der Waals surface area contributed by atoms with E-state index in [0.717, 1.165) is 12.8 Å². The highest BCUT2D eigenvalue weighted by molar-refractivity contribution is 9.10. The molecule has 0 radical (unpaired) electrons. The van der Waals surface area contributed by atoms with Crippen molar-refractivity contribution < 1.29 is 4.79 Å². The Morgan fingerprint density at radius 2 is 2.27 bits per heavy atom. The molecule has 15 heavy (non-hydrogen) atoms. The number of halogens is 1. The molecule has 1 heterocycles. The van der Waals surface area contributed by atoms with E-state index >= 15 is 0 Å². The molecule has 1 fully saturated rings. The Kier molecular flexibility index (Phi) is 2.42. The fourth-order valence-corrected chi connectivity index (χ4v) is 2.20. The van der Waals surface area contributed by atoms with Crippen molar-refractivity contribution in [1.82, 2.24) is 15.0 Å². The van der Waals surface area contributed by atoms with Crippen molar-refractivity contribution in [2.45, 2.75) is 25.3 Å². The Bertz CT molecular complexity index is 389. The lowest BCUT2D eigenvalue weighted by Crippen LogP contribution is -2.47. The smallest absolute Gasteiger partial charge is 0.203 e. The van der Waals surface area contributed by atoms with Crippen LogP contribution in [0.25, 0.3) is 0 Å². The van der Waals surface area contributed by atoms with Gasteiger partial charge in [-0.3, -0.25) is 4.79 Å². The average molecular weight is 273 g/mol. The fourth-order valence-electron chi connectivity index (χ4n) is 1.70. The molecule has 1 aliphatic rings. The third-order valence-corrected chi connectivity index (χ3v) is 3.45. The van der Waals surface area contributed by atoms with E-state index in [2.05, 4.69) is 26.2 Å². The van der Waals surface area contributed by atoms with Gasteiger partial charge >= 0.3 is 0 Å². The molecule has 2 rings (SSSR count). The first kappa shape index (κ1) is 10.8. The molecule has 0 spiro atoms. The summed E-state index contributed by atoms with van der Waals surface area (Å²) in [4.78, 5) is 12.2. The Hall–Kier alpha value is -0.750. The van der Waals surface area contributed by atoms with E-state index in [4.69, 9.17) is 5.73 Å². The number of ketones is 1. The van der Waals surface area contributed by atoms with E-state index in [9.17, 15) is 4.79 Å². The zero-order chi connectivity index (χ0) is 11.2. The number of rotatable bonds is 3. The van der Waals surface area contributed by atoms with Gasteiger partial charge in [0.25, 0.3) is 0 Å². The third-order valence-electron chi connectivity index (χ3n) is 2.92. The predicted octanol–water partition coefficient (Wildman–Crippen LogP) is 0.888. The first-order chi connectivity index (χ1) is 6.94. The summed E-state index contributed by atoms with van der Waals surface area (Å²) in [6.45, 7) is 1.78. The number of nitrogens with zero attached hydrogens (tertiary/aromatic N) is 3. The monoisotopic (exact) mass is 272 g/mol. The second-order valence-electron chi connectivity index (χ2n) is 4.24. The molecule has 5 nitrogen and oxygen atoms in total. The van der Waals surface area contributed by atoms with Gasteiger partial charge in [-0.15, -0.1) is 5.10 Å². The van der Waals surface area contributed by atoms with Crippen molar-refractivity contribution >= 4 is 21.7 Å². The van der Waals surface area contributed by atoms with Crippen LogP contribution >= 0.6 is 15.9 Å². The maximum Gasteiger partial charge on any atom is 0.203 e. The van der Waals surface area contributed by atoms with Crippen molar-refractivity contribution in [3.05, 3.63) is 10.3 Å². The number of carbonyl (C=O) groups is 1. The Morgan fingerprint density at radius 3 is 2.67 bits per heavy atom. The minimum atomic E-state index is -0.794. The Labute approximate surface area is 96.1 Å². The minimum absolute atomic E-state index is 0.0932. The van der Waals surface area contributed by atoms with Crippen LogP contribution in [0.5, 0.6) is 0 Å². The van der Waals surface area contributed by atoms with Gasteiger partial charge in [0.15, 0.2) is 4.60 Å².